The third kappa shape index (κ3) is 5.06. The predicted molar refractivity (Wildman–Crippen MR) is 88.1 cm³/mol. The van der Waals surface area contributed by atoms with Gasteiger partial charge >= 0.3 is 12.4 Å². The summed E-state index contributed by atoms with van der Waals surface area (Å²) in [5.41, 5.74) is -2.93. The molecule has 0 radical (unpaired) electrons. The van der Waals surface area contributed by atoms with E-state index in [2.05, 4.69) is 9.97 Å². The molecule has 0 aromatic carbocycles. The van der Waals surface area contributed by atoms with Crippen LogP contribution in [0.15, 0.2) is 18.2 Å². The number of pyridine rings is 2. The molecule has 3 nitrogen and oxygen atoms in total. The molecule has 2 heterocycles. The number of aromatic nitrogens is 2. The fraction of sp³-hybridized carbons (Fsp3) is 0.312. The van der Waals surface area contributed by atoms with Crippen LogP contribution in [0.2, 0.25) is 0 Å². The molecule has 0 saturated heterocycles. The molecule has 144 valence electrons. The Morgan fingerprint density at radius 3 is 2.11 bits per heavy atom. The molecule has 0 fully saturated rings. The first-order chi connectivity index (χ1) is 12.5. The van der Waals surface area contributed by atoms with E-state index >= 15 is 0 Å². The average Bonchev–Trinajstić information content (AvgIpc) is 2.57. The first-order valence-corrected chi connectivity index (χ1v) is 8.34. The van der Waals surface area contributed by atoms with E-state index < -0.39 is 30.4 Å². The summed E-state index contributed by atoms with van der Waals surface area (Å²) in [4.78, 5) is 6.71. The Balaban J connectivity index is 2.42. The van der Waals surface area contributed by atoms with E-state index in [1.165, 1.54) is 22.6 Å². The van der Waals surface area contributed by atoms with E-state index in [0.29, 0.717) is 12.1 Å². The Morgan fingerprint density at radius 2 is 1.59 bits per heavy atom. The lowest BCUT2D eigenvalue weighted by Gasteiger charge is -2.14. The molecule has 2 aromatic rings. The number of rotatable bonds is 4. The summed E-state index contributed by atoms with van der Waals surface area (Å²) in [6, 6.07) is 3.94. The summed E-state index contributed by atoms with van der Waals surface area (Å²) >= 11 is 1.47. The Kier molecular flexibility index (Phi) is 6.28. The highest BCUT2D eigenvalue weighted by Gasteiger charge is 2.34. The zero-order valence-corrected chi connectivity index (χ0v) is 15.4. The molecule has 0 aliphatic heterocycles. The SMILES string of the molecule is N#Cc1ccc(C(F)(F)F)nc1CCc1cc(C(F)(F)F)nc(I)c1CF. The Morgan fingerprint density at radius 1 is 0.963 bits per heavy atom. The lowest BCUT2D eigenvalue weighted by atomic mass is 10.0. The molecule has 0 bridgehead atoms. The normalized spacial score (nSPS) is 12.1. The summed E-state index contributed by atoms with van der Waals surface area (Å²) in [5.74, 6) is 0. The van der Waals surface area contributed by atoms with Gasteiger partial charge in [0.05, 0.1) is 11.3 Å². The molecule has 2 rings (SSSR count). The topological polar surface area (TPSA) is 49.6 Å². The number of nitriles is 1. The minimum absolute atomic E-state index is 0.0488. The molecule has 0 atom stereocenters. The number of hydrogen-bond donors (Lipinski definition) is 0. The van der Waals surface area contributed by atoms with Crippen LogP contribution < -0.4 is 0 Å². The minimum atomic E-state index is -4.75. The van der Waals surface area contributed by atoms with Crippen LogP contribution >= 0.6 is 22.6 Å². The second-order valence-electron chi connectivity index (χ2n) is 5.37. The molecule has 0 aliphatic rings. The van der Waals surface area contributed by atoms with Gasteiger partial charge in [-0.1, -0.05) is 0 Å². The summed E-state index contributed by atoms with van der Waals surface area (Å²) in [6.07, 6.45) is -9.99. The van der Waals surface area contributed by atoms with Crippen LogP contribution in [0, 0.1) is 15.0 Å². The molecule has 0 unspecified atom stereocenters. The maximum absolute atomic E-state index is 13.2. The van der Waals surface area contributed by atoms with Crippen molar-refractivity contribution in [2.75, 3.05) is 0 Å². The Hall–Kier alpha value is -1.97. The van der Waals surface area contributed by atoms with Crippen molar-refractivity contribution in [1.82, 2.24) is 9.97 Å². The van der Waals surface area contributed by atoms with Gasteiger partial charge < -0.3 is 0 Å². The highest BCUT2D eigenvalue weighted by Crippen LogP contribution is 2.32. The fourth-order valence-corrected chi connectivity index (χ4v) is 3.05. The average molecular weight is 503 g/mol. The van der Waals surface area contributed by atoms with Gasteiger partial charge in [0.2, 0.25) is 0 Å². The lowest BCUT2D eigenvalue weighted by Crippen LogP contribution is -2.14. The van der Waals surface area contributed by atoms with E-state index in [1.54, 1.807) is 6.07 Å². The first kappa shape index (κ1) is 21.3. The van der Waals surface area contributed by atoms with Gasteiger partial charge in [0.25, 0.3) is 0 Å². The number of nitrogens with zero attached hydrogens (tertiary/aromatic N) is 3. The standard InChI is InChI=1S/C16H9F7IN3/c17-6-10-8(5-13(16(21,22)23)27-14(10)24)1-3-11-9(7-25)2-4-12(26-11)15(18,19)20/h2,4-5H,1,3,6H2. The quantitative estimate of drug-likeness (QED) is 0.326. The minimum Gasteiger partial charge on any atom is -0.247 e. The van der Waals surface area contributed by atoms with Crippen molar-refractivity contribution in [2.45, 2.75) is 31.9 Å². The van der Waals surface area contributed by atoms with Crippen molar-refractivity contribution >= 4 is 22.6 Å². The molecular weight excluding hydrogens is 494 g/mol. The second kappa shape index (κ2) is 7.95. The summed E-state index contributed by atoms with van der Waals surface area (Å²) in [6.45, 7) is -1.08. The molecule has 0 spiro atoms. The van der Waals surface area contributed by atoms with Crippen molar-refractivity contribution in [1.29, 1.82) is 5.26 Å². The van der Waals surface area contributed by atoms with Crippen molar-refractivity contribution < 1.29 is 30.7 Å². The third-order valence-electron chi connectivity index (χ3n) is 3.61. The van der Waals surface area contributed by atoms with Crippen LogP contribution in [0.1, 0.15) is 33.8 Å². The zero-order valence-electron chi connectivity index (χ0n) is 13.2. The van der Waals surface area contributed by atoms with Crippen LogP contribution in [0.4, 0.5) is 30.7 Å². The fourth-order valence-electron chi connectivity index (χ4n) is 2.30. The zero-order chi connectivity index (χ0) is 20.4. The van der Waals surface area contributed by atoms with Crippen LogP contribution in [0.3, 0.4) is 0 Å². The van der Waals surface area contributed by atoms with Crippen molar-refractivity contribution in [3.05, 3.63) is 55.7 Å². The van der Waals surface area contributed by atoms with E-state index in [0.717, 1.165) is 6.07 Å². The lowest BCUT2D eigenvalue weighted by molar-refractivity contribution is -0.142. The molecular formula is C16H9F7IN3. The summed E-state index contributed by atoms with van der Waals surface area (Å²) in [5, 5.41) is 9.01. The first-order valence-electron chi connectivity index (χ1n) is 7.26. The van der Waals surface area contributed by atoms with Crippen LogP contribution in [0.5, 0.6) is 0 Å². The van der Waals surface area contributed by atoms with Crippen molar-refractivity contribution in [3.8, 4) is 6.07 Å². The smallest absolute Gasteiger partial charge is 0.247 e. The van der Waals surface area contributed by atoms with Gasteiger partial charge in [0, 0.05) is 5.56 Å². The van der Waals surface area contributed by atoms with Gasteiger partial charge in [-0.05, 0) is 59.2 Å². The van der Waals surface area contributed by atoms with E-state index in [-0.39, 0.29) is 38.9 Å². The highest BCUT2D eigenvalue weighted by atomic mass is 127. The largest absolute Gasteiger partial charge is 0.433 e. The number of alkyl halides is 7. The molecule has 0 aliphatic carbocycles. The number of halogens is 8. The highest BCUT2D eigenvalue weighted by molar-refractivity contribution is 14.1. The Labute approximate surface area is 162 Å². The molecule has 0 amide bonds. The van der Waals surface area contributed by atoms with Crippen LogP contribution in [-0.2, 0) is 31.9 Å². The van der Waals surface area contributed by atoms with Gasteiger partial charge in [0.1, 0.15) is 27.8 Å². The molecule has 11 heteroatoms. The molecule has 27 heavy (non-hydrogen) atoms. The van der Waals surface area contributed by atoms with Crippen molar-refractivity contribution in [3.63, 3.8) is 0 Å². The third-order valence-corrected chi connectivity index (χ3v) is 4.50. The van der Waals surface area contributed by atoms with Gasteiger partial charge in [-0.3, -0.25) is 0 Å². The Bertz CT molecular complexity index is 885. The van der Waals surface area contributed by atoms with Gasteiger partial charge in [-0.15, -0.1) is 0 Å². The van der Waals surface area contributed by atoms with Gasteiger partial charge in [0.15, 0.2) is 0 Å². The predicted octanol–water partition coefficient (Wildman–Crippen LogP) is 5.25. The molecule has 0 N–H and O–H groups in total. The van der Waals surface area contributed by atoms with E-state index in [4.69, 9.17) is 5.26 Å². The molecule has 2 aromatic heterocycles. The van der Waals surface area contributed by atoms with Gasteiger partial charge in [-0.2, -0.15) is 31.6 Å². The molecule has 0 saturated carbocycles. The summed E-state index contributed by atoms with van der Waals surface area (Å²) in [7, 11) is 0. The van der Waals surface area contributed by atoms with Crippen LogP contribution in [0.25, 0.3) is 0 Å². The maximum Gasteiger partial charge on any atom is 0.433 e. The maximum atomic E-state index is 13.2. The number of aryl methyl sites for hydroxylation is 2. The van der Waals surface area contributed by atoms with Gasteiger partial charge in [-0.25, -0.2) is 14.4 Å². The van der Waals surface area contributed by atoms with E-state index in [9.17, 15) is 30.7 Å². The number of hydrogen-bond acceptors (Lipinski definition) is 3. The summed E-state index contributed by atoms with van der Waals surface area (Å²) < 4.78 is 90.1. The second-order valence-corrected chi connectivity index (χ2v) is 6.39. The van der Waals surface area contributed by atoms with E-state index in [1.807, 2.05) is 0 Å². The van der Waals surface area contributed by atoms with Crippen LogP contribution in [-0.4, -0.2) is 9.97 Å². The monoisotopic (exact) mass is 503 g/mol. The van der Waals surface area contributed by atoms with Crippen molar-refractivity contribution in [2.24, 2.45) is 0 Å².